The minimum atomic E-state index is -0.597. The Hall–Kier alpha value is -15.3. The van der Waals surface area contributed by atoms with Crippen molar-refractivity contribution >= 4 is 155 Å². The van der Waals surface area contributed by atoms with Crippen LogP contribution >= 0.6 is 31.9 Å². The van der Waals surface area contributed by atoms with E-state index in [-0.39, 0.29) is 29.3 Å². The summed E-state index contributed by atoms with van der Waals surface area (Å²) in [6, 6.07) is 67.1. The summed E-state index contributed by atoms with van der Waals surface area (Å²) < 4.78 is 58.3. The van der Waals surface area contributed by atoms with E-state index in [1.54, 1.807) is 262 Å². The van der Waals surface area contributed by atoms with Gasteiger partial charge in [0, 0.05) is 67.1 Å². The van der Waals surface area contributed by atoms with Crippen LogP contribution in [0.4, 0.5) is 88.4 Å². The molecule has 4 aromatic heterocycles. The standard InChI is InChI=1S/C24H26N4O4.C20H25BN2O4.C20H18FN3O2.C19H18N4O2.C10H13BrN2O2.C5H5BrN2/c1-24(2,3)32-23(30)28-21-12-8-17(14-26-21)16-7-11-19(25)20(13-16)27-22(29)15-5-9-18(31-4)10-6-15;1-19(2)20(3,4)27-21(26-19)14-8-11-16(22)17(12-14)23-18(24)13-6-9-15(25-5)10-7-13;1-26-15-6-2-12(3-7-15)20(25)24-19-11-14(5-9-18(19)23)13-4-8-17(22)16(21)10-13;1-25-15-6-2-12(3-7-15)19(24)23-17-10-13(4-8-16(17)20)14-5-9-18(21)22-11-14;1-10(2,3)15-9(14)13-8-5-4-7(11)6-12-8;6-4-1-2-5(7)8-3-4/h5-14H,25H2,1-4H3,(H,27,29)(H,26,28,30);6-12H,22H2,1-5H3,(H,23,24);2-11H,22-23H2,1H3,(H,24,25);2-11H,20H2,1H3,(H2,21,22)(H,23,24);4-6H,1-3H3,(H,12,13,14);1-3H,(H2,7,8). The predicted molar refractivity (Wildman–Crippen MR) is 532 cm³/mol. The molecule has 5 heterocycles. The van der Waals surface area contributed by atoms with Crippen molar-refractivity contribution in [2.45, 2.75) is 91.6 Å². The van der Waals surface area contributed by atoms with Gasteiger partial charge in [0.1, 0.15) is 63.3 Å². The highest BCUT2D eigenvalue weighted by atomic mass is 79.9. The van der Waals surface area contributed by atoms with Gasteiger partial charge in [-0.25, -0.2) is 33.9 Å². The van der Waals surface area contributed by atoms with Gasteiger partial charge in [-0.3, -0.25) is 29.8 Å². The predicted octanol–water partition coefficient (Wildman–Crippen LogP) is 19.5. The Morgan fingerprint density at radius 1 is 0.338 bits per heavy atom. The number of hydrogen-bond acceptors (Lipinski definition) is 25. The van der Waals surface area contributed by atoms with Crippen molar-refractivity contribution in [2.75, 3.05) is 100 Å². The first-order valence-corrected chi connectivity index (χ1v) is 42.5. The number of anilines is 13. The average molecular weight is 1930 g/mol. The van der Waals surface area contributed by atoms with Crippen LogP contribution in [0.25, 0.3) is 33.4 Å². The lowest BCUT2D eigenvalue weighted by Crippen LogP contribution is -2.41. The molecule has 0 saturated carbocycles. The van der Waals surface area contributed by atoms with Crippen molar-refractivity contribution < 1.29 is 70.9 Å². The molecule has 1 aliphatic rings. The van der Waals surface area contributed by atoms with E-state index >= 15 is 0 Å². The first-order valence-electron chi connectivity index (χ1n) is 40.9. The van der Waals surface area contributed by atoms with Crippen LogP contribution in [0, 0.1) is 5.82 Å². The van der Waals surface area contributed by atoms with Crippen LogP contribution in [0.3, 0.4) is 0 Å². The summed E-state index contributed by atoms with van der Waals surface area (Å²) >= 11 is 6.48. The van der Waals surface area contributed by atoms with Crippen molar-refractivity contribution in [2.24, 2.45) is 0 Å². The van der Waals surface area contributed by atoms with Crippen molar-refractivity contribution in [1.29, 1.82) is 0 Å². The number of hydrogen-bond donors (Lipinski definition) is 13. The average Bonchev–Trinajstić information content (AvgIpc) is 1.62. The minimum Gasteiger partial charge on any atom is -0.497 e. The second-order valence-electron chi connectivity index (χ2n) is 32.2. The van der Waals surface area contributed by atoms with Crippen molar-refractivity contribution in [3.63, 3.8) is 0 Å². The first-order chi connectivity index (χ1) is 63.0. The molecule has 35 heteroatoms. The molecule has 31 nitrogen and oxygen atoms in total. The van der Waals surface area contributed by atoms with Gasteiger partial charge < -0.3 is 99.1 Å². The summed E-state index contributed by atoms with van der Waals surface area (Å²) in [6.45, 7) is 18.8. The fraction of sp³-hybridized carbons (Fsp3) is 0.184. The zero-order valence-corrected chi connectivity index (χ0v) is 78.8. The number of amides is 6. The Bertz CT molecular complexity index is 6130. The number of ether oxygens (including phenoxy) is 6. The maximum atomic E-state index is 13.7. The van der Waals surface area contributed by atoms with Crippen LogP contribution in [-0.2, 0) is 18.8 Å². The maximum Gasteiger partial charge on any atom is 0.494 e. The fourth-order valence-electron chi connectivity index (χ4n) is 11.7. The summed E-state index contributed by atoms with van der Waals surface area (Å²) in [5.74, 6) is 2.95. The van der Waals surface area contributed by atoms with E-state index in [1.165, 1.54) is 12.1 Å². The van der Waals surface area contributed by atoms with Gasteiger partial charge >= 0.3 is 19.3 Å². The van der Waals surface area contributed by atoms with Gasteiger partial charge in [0.05, 0.1) is 90.8 Å². The third-order valence-electron chi connectivity index (χ3n) is 19.5. The summed E-state index contributed by atoms with van der Waals surface area (Å²) in [5, 5.41) is 16.4. The maximum absolute atomic E-state index is 13.7. The number of nitrogens with zero attached hydrogens (tertiary/aromatic N) is 4. The molecule has 1 saturated heterocycles. The van der Waals surface area contributed by atoms with Crippen molar-refractivity contribution in [3.05, 3.63) is 298 Å². The number of carbonyl (C=O) groups excluding carboxylic acids is 6. The molecule has 0 bridgehead atoms. The number of methoxy groups -OCH3 is 4. The largest absolute Gasteiger partial charge is 0.497 e. The summed E-state index contributed by atoms with van der Waals surface area (Å²) in [5.41, 5.74) is 49.8. The van der Waals surface area contributed by atoms with Crippen molar-refractivity contribution in [3.8, 4) is 56.4 Å². The zero-order valence-electron chi connectivity index (χ0n) is 75.6. The quantitative estimate of drug-likeness (QED) is 0.0280. The zero-order chi connectivity index (χ0) is 97.1. The van der Waals surface area contributed by atoms with Gasteiger partial charge in [-0.2, -0.15) is 0 Å². The second kappa shape index (κ2) is 46.3. The number of halogens is 3. The summed E-state index contributed by atoms with van der Waals surface area (Å²) in [7, 11) is 5.76. The molecule has 14 rings (SSSR count). The minimum absolute atomic E-state index is 0.0808. The molecule has 20 N–H and O–H groups in total. The highest BCUT2D eigenvalue weighted by Gasteiger charge is 2.52. The second-order valence-corrected chi connectivity index (χ2v) is 34.1. The molecule has 9 aromatic carbocycles. The number of nitrogens with one attached hydrogen (secondary N) is 6. The number of nitrogen functional groups attached to an aromatic ring is 7. The van der Waals surface area contributed by atoms with Gasteiger partial charge in [0.25, 0.3) is 23.6 Å². The molecule has 0 aliphatic carbocycles. The Morgan fingerprint density at radius 3 is 0.910 bits per heavy atom. The number of benzene rings is 9. The molecule has 0 unspecified atom stereocenters. The monoisotopic (exact) mass is 1930 g/mol. The molecule has 6 amide bonds. The van der Waals surface area contributed by atoms with Gasteiger partial charge in [0.2, 0.25) is 0 Å². The van der Waals surface area contributed by atoms with E-state index in [1.807, 2.05) is 84.9 Å². The SMILES string of the molecule is CC(C)(C)OC(=O)Nc1ccc(Br)cn1.COc1ccc(C(=O)Nc2cc(-c3ccc(N)c(F)c3)ccc2N)cc1.COc1ccc(C(=O)Nc2cc(-c3ccc(N)nc3)ccc2N)cc1.COc1ccc(C(=O)Nc2cc(-c3ccc(NC(=O)OC(C)(C)C)nc3)ccc2N)cc1.COc1ccc(C(=O)Nc2cc(B3OC(C)(C)C(C)(C)O3)ccc2N)cc1.Nc1ccc(Br)cn1. The molecule has 1 fully saturated rings. The van der Waals surface area contributed by atoms with Crippen molar-refractivity contribution in [1.82, 2.24) is 19.9 Å². The lowest BCUT2D eigenvalue weighted by molar-refractivity contribution is 0.00578. The molecule has 133 heavy (non-hydrogen) atoms. The van der Waals surface area contributed by atoms with Crippen LogP contribution in [0.1, 0.15) is 111 Å². The van der Waals surface area contributed by atoms with E-state index in [0.717, 1.165) is 36.7 Å². The summed E-state index contributed by atoms with van der Waals surface area (Å²) in [4.78, 5) is 89.3. The number of aromatic nitrogens is 4. The van der Waals surface area contributed by atoms with Crippen LogP contribution in [-0.4, -0.2) is 114 Å². The van der Waals surface area contributed by atoms with E-state index in [9.17, 15) is 33.2 Å². The van der Waals surface area contributed by atoms with E-state index in [4.69, 9.17) is 77.9 Å². The van der Waals surface area contributed by atoms with Gasteiger partial charge in [-0.05, 0) is 335 Å². The fourth-order valence-corrected chi connectivity index (χ4v) is 12.1. The molecule has 1 aliphatic heterocycles. The molecular weight excluding hydrogens is 1830 g/mol. The molecule has 0 atom stereocenters. The van der Waals surface area contributed by atoms with Crippen LogP contribution in [0.5, 0.6) is 23.0 Å². The lowest BCUT2D eigenvalue weighted by atomic mass is 9.79. The van der Waals surface area contributed by atoms with E-state index in [0.29, 0.717) is 125 Å². The third kappa shape index (κ3) is 30.9. The van der Waals surface area contributed by atoms with Gasteiger partial charge in [-0.15, -0.1) is 0 Å². The first kappa shape index (κ1) is 101. The van der Waals surface area contributed by atoms with E-state index < -0.39 is 47.5 Å². The molecule has 13 aromatic rings. The highest BCUT2D eigenvalue weighted by Crippen LogP contribution is 2.38. The Morgan fingerprint density at radius 2 is 0.617 bits per heavy atom. The number of carbonyl (C=O) groups is 6. The normalized spacial score (nSPS) is 11.9. The lowest BCUT2D eigenvalue weighted by Gasteiger charge is -2.32. The highest BCUT2D eigenvalue weighted by molar-refractivity contribution is 9.10. The van der Waals surface area contributed by atoms with Crippen LogP contribution < -0.4 is 96.4 Å². The van der Waals surface area contributed by atoms with Gasteiger partial charge in [0.15, 0.2) is 0 Å². The molecular formula is C98H105BBr2FN17O14. The molecule has 0 radical (unpaired) electrons. The molecule has 0 spiro atoms. The van der Waals surface area contributed by atoms with Crippen LogP contribution in [0.2, 0.25) is 0 Å². The third-order valence-corrected chi connectivity index (χ3v) is 20.4. The Kier molecular flexibility index (Phi) is 35.3. The topological polar surface area (TPSA) is 482 Å². The summed E-state index contributed by atoms with van der Waals surface area (Å²) in [6.07, 6.45) is 5.48. The molecule has 690 valence electrons. The number of pyridine rings is 4. The Labute approximate surface area is 787 Å². The van der Waals surface area contributed by atoms with E-state index in [2.05, 4.69) is 83.7 Å². The number of rotatable bonds is 18. The smallest absolute Gasteiger partial charge is 0.494 e. The Balaban J connectivity index is 0.000000185. The number of nitrogens with two attached hydrogens (primary N) is 7. The van der Waals surface area contributed by atoms with Crippen LogP contribution in [0.15, 0.2) is 270 Å². The van der Waals surface area contributed by atoms with Gasteiger partial charge in [-0.1, -0.05) is 30.3 Å².